The molecule has 0 radical (unpaired) electrons. The van der Waals surface area contributed by atoms with Crippen molar-refractivity contribution in [3.8, 4) is 16.9 Å². The van der Waals surface area contributed by atoms with E-state index in [9.17, 15) is 0 Å². The highest BCUT2D eigenvalue weighted by atomic mass is 16.5. The molecule has 0 fully saturated rings. The fourth-order valence-corrected chi connectivity index (χ4v) is 2.74. The summed E-state index contributed by atoms with van der Waals surface area (Å²) in [7, 11) is 1.66. The topological polar surface area (TPSA) is 59.9 Å². The van der Waals surface area contributed by atoms with Crippen molar-refractivity contribution < 1.29 is 4.74 Å². The molecule has 25 heavy (non-hydrogen) atoms. The molecule has 0 aliphatic rings. The molecule has 2 aromatic heterocycles. The second-order valence-corrected chi connectivity index (χ2v) is 5.59. The number of methoxy groups -OCH3 is 1. The number of nitrogens with one attached hydrogen (secondary N) is 1. The molecule has 0 unspecified atom stereocenters. The molecule has 4 aromatic rings. The van der Waals surface area contributed by atoms with Crippen LogP contribution in [0.15, 0.2) is 73.2 Å². The standard InChI is InChI=1S/C20H16N4O/c1-25-17-7-5-14(6-8-17)16-11-20(24-22-13-16)23-19-4-2-3-15-12-21-10-9-18(15)19/h2-13H,1H3,(H,23,24). The molecule has 0 aliphatic heterocycles. The van der Waals surface area contributed by atoms with Gasteiger partial charge in [-0.15, -0.1) is 5.10 Å². The van der Waals surface area contributed by atoms with Gasteiger partial charge >= 0.3 is 0 Å². The molecule has 0 saturated heterocycles. The Bertz CT molecular complexity index is 1010. The van der Waals surface area contributed by atoms with Gasteiger partial charge in [-0.05, 0) is 35.9 Å². The van der Waals surface area contributed by atoms with Gasteiger partial charge < -0.3 is 10.1 Å². The van der Waals surface area contributed by atoms with E-state index in [1.165, 1.54) is 0 Å². The van der Waals surface area contributed by atoms with Crippen LogP contribution in [0.25, 0.3) is 21.9 Å². The van der Waals surface area contributed by atoms with Crippen molar-refractivity contribution >= 4 is 22.3 Å². The van der Waals surface area contributed by atoms with Gasteiger partial charge in [-0.1, -0.05) is 24.3 Å². The van der Waals surface area contributed by atoms with E-state index in [-0.39, 0.29) is 0 Å². The van der Waals surface area contributed by atoms with E-state index < -0.39 is 0 Å². The molecule has 2 aromatic carbocycles. The van der Waals surface area contributed by atoms with Crippen LogP contribution in [-0.2, 0) is 0 Å². The smallest absolute Gasteiger partial charge is 0.153 e. The molecule has 1 N–H and O–H groups in total. The molecule has 122 valence electrons. The van der Waals surface area contributed by atoms with E-state index in [1.807, 2.05) is 60.8 Å². The van der Waals surface area contributed by atoms with Gasteiger partial charge in [-0.2, -0.15) is 5.10 Å². The Morgan fingerprint density at radius 2 is 1.80 bits per heavy atom. The highest BCUT2D eigenvalue weighted by molar-refractivity contribution is 5.94. The van der Waals surface area contributed by atoms with Crippen LogP contribution in [0.1, 0.15) is 0 Å². The third kappa shape index (κ3) is 3.12. The fourth-order valence-electron chi connectivity index (χ4n) is 2.74. The number of hydrogen-bond donors (Lipinski definition) is 1. The van der Waals surface area contributed by atoms with Crippen LogP contribution >= 0.6 is 0 Å². The van der Waals surface area contributed by atoms with Gasteiger partial charge in [0.25, 0.3) is 0 Å². The lowest BCUT2D eigenvalue weighted by Crippen LogP contribution is -1.97. The van der Waals surface area contributed by atoms with Crippen molar-refractivity contribution in [3.05, 3.63) is 73.2 Å². The van der Waals surface area contributed by atoms with Crippen molar-refractivity contribution in [1.29, 1.82) is 0 Å². The molecule has 5 nitrogen and oxygen atoms in total. The summed E-state index contributed by atoms with van der Waals surface area (Å²) in [6.45, 7) is 0. The van der Waals surface area contributed by atoms with Gasteiger partial charge in [0.15, 0.2) is 5.82 Å². The maximum Gasteiger partial charge on any atom is 0.153 e. The van der Waals surface area contributed by atoms with Gasteiger partial charge in [0.1, 0.15) is 5.75 Å². The monoisotopic (exact) mass is 328 g/mol. The van der Waals surface area contributed by atoms with Crippen molar-refractivity contribution in [2.75, 3.05) is 12.4 Å². The summed E-state index contributed by atoms with van der Waals surface area (Å²) in [6, 6.07) is 17.9. The number of nitrogens with zero attached hydrogens (tertiary/aromatic N) is 3. The van der Waals surface area contributed by atoms with Crippen molar-refractivity contribution in [1.82, 2.24) is 15.2 Å². The number of pyridine rings is 1. The highest BCUT2D eigenvalue weighted by Gasteiger charge is 2.05. The number of benzene rings is 2. The minimum Gasteiger partial charge on any atom is -0.497 e. The van der Waals surface area contributed by atoms with Gasteiger partial charge in [0.2, 0.25) is 0 Å². The Balaban J connectivity index is 1.67. The normalized spacial score (nSPS) is 10.6. The number of anilines is 2. The molecule has 0 spiro atoms. The number of hydrogen-bond acceptors (Lipinski definition) is 5. The lowest BCUT2D eigenvalue weighted by atomic mass is 10.1. The minimum absolute atomic E-state index is 0.692. The molecule has 0 aliphatic carbocycles. The molecule has 5 heteroatoms. The zero-order valence-corrected chi connectivity index (χ0v) is 13.7. The molecule has 0 saturated carbocycles. The van der Waals surface area contributed by atoms with Crippen LogP contribution in [-0.4, -0.2) is 22.3 Å². The summed E-state index contributed by atoms with van der Waals surface area (Å²) >= 11 is 0. The van der Waals surface area contributed by atoms with E-state index >= 15 is 0 Å². The van der Waals surface area contributed by atoms with Crippen molar-refractivity contribution in [3.63, 3.8) is 0 Å². The Hall–Kier alpha value is -3.47. The van der Waals surface area contributed by atoms with E-state index in [2.05, 4.69) is 20.5 Å². The second kappa shape index (κ2) is 6.57. The second-order valence-electron chi connectivity index (χ2n) is 5.59. The van der Waals surface area contributed by atoms with E-state index in [0.717, 1.165) is 33.3 Å². The van der Waals surface area contributed by atoms with Crippen molar-refractivity contribution in [2.45, 2.75) is 0 Å². The first-order valence-corrected chi connectivity index (χ1v) is 7.90. The third-order valence-electron chi connectivity index (χ3n) is 4.02. The number of aromatic nitrogens is 3. The largest absolute Gasteiger partial charge is 0.497 e. The summed E-state index contributed by atoms with van der Waals surface area (Å²) in [5.41, 5.74) is 3.02. The summed E-state index contributed by atoms with van der Waals surface area (Å²) in [4.78, 5) is 4.16. The first-order valence-electron chi connectivity index (χ1n) is 7.90. The molecule has 4 rings (SSSR count). The van der Waals surface area contributed by atoms with Crippen LogP contribution in [0, 0.1) is 0 Å². The summed E-state index contributed by atoms with van der Waals surface area (Å²) in [5.74, 6) is 1.52. The zero-order chi connectivity index (χ0) is 17.1. The van der Waals surface area contributed by atoms with Crippen LogP contribution < -0.4 is 10.1 Å². The predicted octanol–water partition coefficient (Wildman–Crippen LogP) is 4.44. The van der Waals surface area contributed by atoms with Crippen LogP contribution in [0.2, 0.25) is 0 Å². The Labute approximate surface area is 145 Å². The molecule has 0 amide bonds. The Kier molecular flexibility index (Phi) is 3.96. The lowest BCUT2D eigenvalue weighted by Gasteiger charge is -2.10. The Morgan fingerprint density at radius 1 is 0.920 bits per heavy atom. The van der Waals surface area contributed by atoms with E-state index in [4.69, 9.17) is 4.74 Å². The Morgan fingerprint density at radius 3 is 2.64 bits per heavy atom. The molecular formula is C20H16N4O. The molecular weight excluding hydrogens is 312 g/mol. The van der Waals surface area contributed by atoms with Gasteiger partial charge in [-0.25, -0.2) is 0 Å². The first kappa shape index (κ1) is 15.1. The minimum atomic E-state index is 0.692. The fraction of sp³-hybridized carbons (Fsp3) is 0.0500. The van der Waals surface area contributed by atoms with Crippen LogP contribution in [0.5, 0.6) is 5.75 Å². The average Bonchev–Trinajstić information content (AvgIpc) is 2.69. The van der Waals surface area contributed by atoms with Gasteiger partial charge in [0.05, 0.1) is 13.3 Å². The summed E-state index contributed by atoms with van der Waals surface area (Å²) in [5, 5.41) is 13.8. The SMILES string of the molecule is COc1ccc(-c2cnnc(Nc3cccc4cnccc34)c2)cc1. The quantitative estimate of drug-likeness (QED) is 0.600. The summed E-state index contributed by atoms with van der Waals surface area (Å²) in [6.07, 6.45) is 5.38. The zero-order valence-electron chi connectivity index (χ0n) is 13.7. The lowest BCUT2D eigenvalue weighted by molar-refractivity contribution is 0.415. The summed E-state index contributed by atoms with van der Waals surface area (Å²) < 4.78 is 5.20. The highest BCUT2D eigenvalue weighted by Crippen LogP contribution is 2.27. The van der Waals surface area contributed by atoms with E-state index in [1.54, 1.807) is 19.5 Å². The van der Waals surface area contributed by atoms with Crippen LogP contribution in [0.4, 0.5) is 11.5 Å². The predicted molar refractivity (Wildman–Crippen MR) is 99.0 cm³/mol. The van der Waals surface area contributed by atoms with E-state index in [0.29, 0.717) is 5.82 Å². The maximum absolute atomic E-state index is 5.20. The van der Waals surface area contributed by atoms with Gasteiger partial charge in [-0.3, -0.25) is 4.98 Å². The molecule has 0 bridgehead atoms. The number of rotatable bonds is 4. The number of fused-ring (bicyclic) bond motifs is 1. The first-order chi connectivity index (χ1) is 12.3. The maximum atomic E-state index is 5.20. The average molecular weight is 328 g/mol. The van der Waals surface area contributed by atoms with Crippen LogP contribution in [0.3, 0.4) is 0 Å². The third-order valence-corrected chi connectivity index (χ3v) is 4.02. The molecule has 0 atom stereocenters. The van der Waals surface area contributed by atoms with Crippen molar-refractivity contribution in [2.24, 2.45) is 0 Å². The van der Waals surface area contributed by atoms with Gasteiger partial charge in [0, 0.05) is 34.4 Å². The molecule has 2 heterocycles. The number of ether oxygens (including phenoxy) is 1.